The Morgan fingerprint density at radius 3 is 1.12 bits per heavy atom. The fourth-order valence-electron chi connectivity index (χ4n) is 19.3. The molecule has 1 fully saturated rings. The second-order valence-electron chi connectivity index (χ2n) is 38.1. The minimum absolute atomic E-state index is 0.126. The highest BCUT2D eigenvalue weighted by Crippen LogP contribution is 2.36. The number of aromatic nitrogens is 8. The van der Waals surface area contributed by atoms with Crippen LogP contribution in [0.4, 0.5) is 17.1 Å². The van der Waals surface area contributed by atoms with Crippen LogP contribution in [0.15, 0.2) is 176 Å². The largest absolute Gasteiger partial charge is 0.394 e. The Labute approximate surface area is 841 Å². The van der Waals surface area contributed by atoms with E-state index >= 15 is 0 Å². The molecular formula is C112H136N18O14. The fraction of sp³-hybridized carbons (Fsp3) is 0.420. The first-order valence-electron chi connectivity index (χ1n) is 51.0. The number of anilines is 3. The zero-order chi connectivity index (χ0) is 102. The van der Waals surface area contributed by atoms with E-state index in [1.54, 1.807) is 102 Å². The van der Waals surface area contributed by atoms with Crippen molar-refractivity contribution in [3.63, 3.8) is 0 Å². The monoisotopic (exact) mass is 1960 g/mol. The molecule has 4 aliphatic heterocycles. The fourth-order valence-corrected chi connectivity index (χ4v) is 19.3. The number of fused-ring (bicyclic) bond motifs is 4. The van der Waals surface area contributed by atoms with Gasteiger partial charge in [0.15, 0.2) is 28.6 Å². The summed E-state index contributed by atoms with van der Waals surface area (Å²) in [6, 6.07) is 51.5. The van der Waals surface area contributed by atoms with Gasteiger partial charge in [-0.25, -0.2) is 14.0 Å². The van der Waals surface area contributed by atoms with Crippen LogP contribution in [0.5, 0.6) is 0 Å². The van der Waals surface area contributed by atoms with Gasteiger partial charge in [-0.2, -0.15) is 20.4 Å². The van der Waals surface area contributed by atoms with Gasteiger partial charge in [0.1, 0.15) is 0 Å². The standard InChI is InChI=1S/C39H47N5O4.C37H45N7O4.C36H44N6O6/c1-5-7-20-42(21-8-6-2)39(48)35-22-27(3)44(41-35)36-19-18-32(40-37(46)28(4)29-14-10-9-11-15-29)24-34(36)38(47)43-25-31-17-13-12-16-30(31)23-33(43)26-45;1-4-6-17-42(18-7-5-2)37(48)32-19-24(3)44(41-32)33-16-15-27(38-35(46)34-29-13-10-14-31(29)39-40-34)21-30(33)36(47)43-22-26-12-9-8-11-25(26)20-28(43)23-45;1-4-6-14-40(15-7-5-2)36(48)30-16-23(3)42(39-30)31-13-12-26(37-33(45)19-29-32(44)20-34(46)38-29)18-28(31)35(47)41-21-25-11-9-8-10-24(25)17-27(41)22-43/h9-19,22,24,28,33,45H,5-8,20-21,23,25-26H2,1-4H3,(H,40,46);8-9,11-12,15-16,19,21,28,45H,4-7,10,13-14,17-18,20,22-23H2,1-3H3,(H,38,46)(H,39,40);8-13,16,18,27,29,43H,4-7,14-15,17,19-22H2,1-3H3,(H,37,45)(H,38,46)/t28-,33+;28-;27-,29?/m100/s1. The van der Waals surface area contributed by atoms with Crippen LogP contribution in [0.1, 0.15) is 291 Å². The number of aliphatic hydroxyl groups is 3. The Hall–Kier alpha value is -14.4. The number of aryl methyl sites for hydroxylation is 4. The zero-order valence-corrected chi connectivity index (χ0v) is 84.4. The third-order valence-corrected chi connectivity index (χ3v) is 27.7. The number of unbranched alkanes of at least 4 members (excludes halogenated alkanes) is 6. The van der Waals surface area contributed by atoms with E-state index < -0.39 is 41.9 Å². The average molecular weight is 1960 g/mol. The lowest BCUT2D eigenvalue weighted by Crippen LogP contribution is -2.46. The van der Waals surface area contributed by atoms with Gasteiger partial charge in [0.2, 0.25) is 17.7 Å². The summed E-state index contributed by atoms with van der Waals surface area (Å²) < 4.78 is 4.85. The number of aliphatic hydroxyl groups excluding tert-OH is 3. The Morgan fingerprint density at radius 1 is 0.431 bits per heavy atom. The molecule has 0 radical (unpaired) electrons. The zero-order valence-electron chi connectivity index (χ0n) is 84.4. The number of benzene rings is 7. The number of aromatic amines is 1. The molecule has 4 aromatic heterocycles. The number of carbonyl (C=O) groups is 11. The molecular weight excluding hydrogens is 1820 g/mol. The van der Waals surface area contributed by atoms with E-state index in [-0.39, 0.29) is 104 Å². The molecule has 5 atom stereocenters. The minimum atomic E-state index is -0.895. The molecule has 7 aromatic carbocycles. The molecule has 11 aromatic rings. The Morgan fingerprint density at radius 2 is 0.778 bits per heavy atom. The molecule has 5 aliphatic rings. The van der Waals surface area contributed by atoms with Gasteiger partial charge in [0, 0.05) is 104 Å². The average Bonchev–Trinajstić information content (AvgIpc) is 1.79. The molecule has 16 rings (SSSR count). The second-order valence-corrected chi connectivity index (χ2v) is 38.1. The van der Waals surface area contributed by atoms with Gasteiger partial charge in [-0.1, -0.05) is 183 Å². The van der Waals surface area contributed by atoms with Crippen molar-refractivity contribution in [3.8, 4) is 17.1 Å². The van der Waals surface area contributed by atoms with Crippen LogP contribution in [0.3, 0.4) is 0 Å². The van der Waals surface area contributed by atoms with E-state index in [9.17, 15) is 68.1 Å². The van der Waals surface area contributed by atoms with Crippen molar-refractivity contribution in [2.75, 3.05) is 75.0 Å². The molecule has 144 heavy (non-hydrogen) atoms. The number of H-pyrrole nitrogens is 1. The molecule has 0 spiro atoms. The smallest absolute Gasteiger partial charge is 0.276 e. The lowest BCUT2D eigenvalue weighted by atomic mass is 9.93. The molecule has 1 aliphatic carbocycles. The SMILES string of the molecule is CCCCN(CCCC)C(=O)c1cc(C)n(-c2ccc(NC(=O)CC3NC(=O)CC3=O)cc2C(=O)N2Cc3ccccc3C[C@H]2CO)n1.CCCCN(CCCC)C(=O)c1cc(C)n(-c2ccc(NC(=O)[C@H](C)c3ccccc3)cc2C(=O)N2Cc3ccccc3C[C@H]2CO)n1.CCCCN(CCCC)C(=O)c1cc(C)n(-c2ccc(NC(=O)c3n[nH]c4c3CCC4)cc2C(=O)N2Cc3ccccc3C[C@H]2CO)n1. The summed E-state index contributed by atoms with van der Waals surface area (Å²) >= 11 is 0. The number of carbonyl (C=O) groups excluding carboxylic acids is 11. The molecule has 758 valence electrons. The van der Waals surface area contributed by atoms with E-state index in [1.165, 1.54) is 0 Å². The Bertz CT molecular complexity index is 6430. The summed E-state index contributed by atoms with van der Waals surface area (Å²) in [6.45, 7) is 24.3. The van der Waals surface area contributed by atoms with Gasteiger partial charge < -0.3 is 66.0 Å². The molecule has 1 unspecified atom stereocenters. The number of hydrogen-bond acceptors (Lipinski definition) is 18. The molecule has 0 bridgehead atoms. The van der Waals surface area contributed by atoms with Crippen molar-refractivity contribution in [2.24, 2.45) is 0 Å². The number of rotatable bonds is 38. The first kappa shape index (κ1) is 105. The van der Waals surface area contributed by atoms with Crippen molar-refractivity contribution in [3.05, 3.63) is 283 Å². The first-order valence-corrected chi connectivity index (χ1v) is 51.0. The summed E-state index contributed by atoms with van der Waals surface area (Å²) in [5.74, 6) is -3.60. The van der Waals surface area contributed by atoms with E-state index in [2.05, 4.69) is 73.0 Å². The number of nitrogens with one attached hydrogen (secondary N) is 5. The van der Waals surface area contributed by atoms with E-state index in [4.69, 9.17) is 15.3 Å². The predicted molar refractivity (Wildman–Crippen MR) is 552 cm³/mol. The van der Waals surface area contributed by atoms with Crippen LogP contribution in [-0.2, 0) is 70.9 Å². The van der Waals surface area contributed by atoms with Crippen LogP contribution in [0.2, 0.25) is 0 Å². The Kier molecular flexibility index (Phi) is 36.3. The molecule has 32 nitrogen and oxygen atoms in total. The van der Waals surface area contributed by atoms with Crippen LogP contribution in [0.25, 0.3) is 17.1 Å². The molecule has 0 saturated carbocycles. The quantitative estimate of drug-likeness (QED) is 0.0167. The maximum atomic E-state index is 14.6. The highest BCUT2D eigenvalue weighted by molar-refractivity contribution is 6.10. The highest BCUT2D eigenvalue weighted by Gasteiger charge is 2.39. The van der Waals surface area contributed by atoms with Gasteiger partial charge in [-0.3, -0.25) is 57.8 Å². The van der Waals surface area contributed by atoms with Crippen molar-refractivity contribution in [2.45, 2.75) is 247 Å². The number of amides is 10. The number of nitrogens with zero attached hydrogens (tertiary/aromatic N) is 13. The van der Waals surface area contributed by atoms with Gasteiger partial charge >= 0.3 is 0 Å². The van der Waals surface area contributed by atoms with E-state index in [0.29, 0.717) is 151 Å². The van der Waals surface area contributed by atoms with Crippen molar-refractivity contribution >= 4 is 81.9 Å². The molecule has 1 saturated heterocycles. The topological polar surface area (TPSA) is 398 Å². The van der Waals surface area contributed by atoms with Crippen molar-refractivity contribution in [1.82, 2.24) is 74.3 Å². The minimum Gasteiger partial charge on any atom is -0.394 e. The highest BCUT2D eigenvalue weighted by atomic mass is 16.3. The second kappa shape index (κ2) is 49.6. The van der Waals surface area contributed by atoms with E-state index in [0.717, 1.165) is 147 Å². The van der Waals surface area contributed by atoms with Gasteiger partial charge in [0.25, 0.3) is 41.4 Å². The molecule has 10 amide bonds. The molecule has 8 N–H and O–H groups in total. The summed E-state index contributed by atoms with van der Waals surface area (Å²) in [7, 11) is 0. The van der Waals surface area contributed by atoms with Crippen LogP contribution >= 0.6 is 0 Å². The van der Waals surface area contributed by atoms with Crippen LogP contribution < -0.4 is 21.3 Å². The number of ketones is 1. The normalized spacial score (nSPS) is 15.7. The first-order chi connectivity index (χ1) is 69.7. The van der Waals surface area contributed by atoms with Gasteiger partial charge in [-0.15, -0.1) is 0 Å². The lowest BCUT2D eigenvalue weighted by Gasteiger charge is -2.36. The van der Waals surface area contributed by atoms with E-state index in [1.807, 2.05) is 146 Å². The van der Waals surface area contributed by atoms with Crippen LogP contribution in [-0.4, -0.2) is 232 Å². The van der Waals surface area contributed by atoms with Crippen LogP contribution in [0, 0.1) is 20.8 Å². The molecule has 8 heterocycles. The van der Waals surface area contributed by atoms with Crippen molar-refractivity contribution < 1.29 is 68.1 Å². The summed E-state index contributed by atoms with van der Waals surface area (Å²) in [6.07, 6.45) is 15.0. The number of hydrogen-bond donors (Lipinski definition) is 8. The summed E-state index contributed by atoms with van der Waals surface area (Å²) in [5, 5.41) is 63.8. The Balaban J connectivity index is 0.000000171. The summed E-state index contributed by atoms with van der Waals surface area (Å²) in [5.41, 5.74) is 15.9. The maximum absolute atomic E-state index is 14.6. The maximum Gasteiger partial charge on any atom is 0.276 e. The third-order valence-electron chi connectivity index (χ3n) is 27.7. The molecule has 32 heteroatoms. The number of Topliss-reactive ketones (excluding diaryl/α,β-unsaturated/α-hetero) is 1. The van der Waals surface area contributed by atoms with Gasteiger partial charge in [0.05, 0.1) is 96.5 Å². The third kappa shape index (κ3) is 24.9. The lowest BCUT2D eigenvalue weighted by molar-refractivity contribution is -0.124. The summed E-state index contributed by atoms with van der Waals surface area (Å²) in [4.78, 5) is 158. The van der Waals surface area contributed by atoms with Crippen molar-refractivity contribution in [1.29, 1.82) is 0 Å². The predicted octanol–water partition coefficient (Wildman–Crippen LogP) is 15.3. The van der Waals surface area contributed by atoms with Gasteiger partial charge in [-0.05, 0) is 216 Å².